The third-order valence-corrected chi connectivity index (χ3v) is 4.61. The van der Waals surface area contributed by atoms with Crippen molar-refractivity contribution in [1.82, 2.24) is 5.32 Å². The SMILES string of the molecule is C=CCNC(=O)c1cccc(S(=O)(=O)Nc2ccc(OCC)cc2)c1. The van der Waals surface area contributed by atoms with Gasteiger partial charge < -0.3 is 10.1 Å². The first-order valence-electron chi connectivity index (χ1n) is 7.71. The topological polar surface area (TPSA) is 84.5 Å². The lowest BCUT2D eigenvalue weighted by Crippen LogP contribution is -2.23. The predicted molar refractivity (Wildman–Crippen MR) is 97.4 cm³/mol. The van der Waals surface area contributed by atoms with E-state index in [4.69, 9.17) is 4.74 Å². The van der Waals surface area contributed by atoms with Gasteiger partial charge in [0.25, 0.3) is 15.9 Å². The largest absolute Gasteiger partial charge is 0.494 e. The molecule has 0 aliphatic rings. The average Bonchev–Trinajstić information content (AvgIpc) is 2.61. The Labute approximate surface area is 147 Å². The Morgan fingerprint density at radius 3 is 2.56 bits per heavy atom. The Hall–Kier alpha value is -2.80. The summed E-state index contributed by atoms with van der Waals surface area (Å²) in [4.78, 5) is 12.0. The lowest BCUT2D eigenvalue weighted by molar-refractivity contribution is 0.0958. The van der Waals surface area contributed by atoms with Crippen LogP contribution < -0.4 is 14.8 Å². The Bertz CT molecular complexity index is 846. The van der Waals surface area contributed by atoms with E-state index >= 15 is 0 Å². The van der Waals surface area contributed by atoms with Gasteiger partial charge in [-0.2, -0.15) is 0 Å². The first kappa shape index (κ1) is 18.5. The second-order valence-electron chi connectivity index (χ2n) is 5.09. The highest BCUT2D eigenvalue weighted by Gasteiger charge is 2.16. The number of hydrogen-bond donors (Lipinski definition) is 2. The third-order valence-electron chi connectivity index (χ3n) is 3.23. The molecular weight excluding hydrogens is 340 g/mol. The maximum absolute atomic E-state index is 12.5. The van der Waals surface area contributed by atoms with Crippen LogP contribution in [0.4, 0.5) is 5.69 Å². The summed E-state index contributed by atoms with van der Waals surface area (Å²) in [5.41, 5.74) is 0.668. The monoisotopic (exact) mass is 360 g/mol. The molecule has 0 saturated carbocycles. The number of rotatable bonds is 8. The van der Waals surface area contributed by atoms with Crippen LogP contribution >= 0.6 is 0 Å². The zero-order chi connectivity index (χ0) is 18.3. The maximum Gasteiger partial charge on any atom is 0.261 e. The van der Waals surface area contributed by atoms with Crippen molar-refractivity contribution in [3.05, 3.63) is 66.7 Å². The maximum atomic E-state index is 12.5. The summed E-state index contributed by atoms with van der Waals surface area (Å²) >= 11 is 0. The van der Waals surface area contributed by atoms with E-state index in [9.17, 15) is 13.2 Å². The molecule has 0 aromatic heterocycles. The number of sulfonamides is 1. The minimum absolute atomic E-state index is 0.00707. The van der Waals surface area contributed by atoms with Crippen molar-refractivity contribution in [1.29, 1.82) is 0 Å². The van der Waals surface area contributed by atoms with Gasteiger partial charge in [-0.05, 0) is 49.4 Å². The smallest absolute Gasteiger partial charge is 0.261 e. The molecule has 132 valence electrons. The number of benzene rings is 2. The minimum Gasteiger partial charge on any atom is -0.494 e. The summed E-state index contributed by atoms with van der Waals surface area (Å²) in [5, 5.41) is 2.61. The highest BCUT2D eigenvalue weighted by atomic mass is 32.2. The fourth-order valence-corrected chi connectivity index (χ4v) is 3.18. The van der Waals surface area contributed by atoms with E-state index < -0.39 is 10.0 Å². The number of nitrogens with one attached hydrogen (secondary N) is 2. The molecule has 0 unspecified atom stereocenters. The minimum atomic E-state index is -3.81. The first-order chi connectivity index (χ1) is 12.0. The summed E-state index contributed by atoms with van der Waals surface area (Å²) in [6.45, 7) is 6.23. The van der Waals surface area contributed by atoms with Gasteiger partial charge in [0, 0.05) is 17.8 Å². The Morgan fingerprint density at radius 1 is 1.20 bits per heavy atom. The van der Waals surface area contributed by atoms with Crippen LogP contribution in [0.25, 0.3) is 0 Å². The quantitative estimate of drug-likeness (QED) is 0.709. The predicted octanol–water partition coefficient (Wildman–Crippen LogP) is 2.80. The normalized spacial score (nSPS) is 10.8. The van der Waals surface area contributed by atoms with Gasteiger partial charge in [0.2, 0.25) is 0 Å². The van der Waals surface area contributed by atoms with E-state index in [2.05, 4.69) is 16.6 Å². The van der Waals surface area contributed by atoms with E-state index in [1.54, 1.807) is 36.4 Å². The molecule has 0 heterocycles. The third kappa shape index (κ3) is 5.09. The number of carbonyl (C=O) groups excluding carboxylic acids is 1. The van der Waals surface area contributed by atoms with Gasteiger partial charge in [-0.15, -0.1) is 6.58 Å². The van der Waals surface area contributed by atoms with E-state index in [1.807, 2.05) is 6.92 Å². The fraction of sp³-hybridized carbons (Fsp3) is 0.167. The molecule has 6 nitrogen and oxygen atoms in total. The fourth-order valence-electron chi connectivity index (χ4n) is 2.07. The van der Waals surface area contributed by atoms with E-state index in [0.29, 0.717) is 24.6 Å². The standard InChI is InChI=1S/C18H20N2O4S/c1-3-12-19-18(21)14-6-5-7-17(13-14)25(22,23)20-15-8-10-16(11-9-15)24-4-2/h3,5-11,13,20H,1,4,12H2,2H3,(H,19,21). The lowest BCUT2D eigenvalue weighted by atomic mass is 10.2. The molecule has 0 bridgehead atoms. The van der Waals surface area contributed by atoms with Crippen molar-refractivity contribution in [3.8, 4) is 5.75 Å². The molecule has 0 radical (unpaired) electrons. The van der Waals surface area contributed by atoms with E-state index in [1.165, 1.54) is 18.2 Å². The van der Waals surface area contributed by atoms with Gasteiger partial charge in [-0.1, -0.05) is 12.1 Å². The van der Waals surface area contributed by atoms with E-state index in [0.717, 1.165) is 0 Å². The zero-order valence-corrected chi connectivity index (χ0v) is 14.7. The molecule has 0 saturated heterocycles. The van der Waals surface area contributed by atoms with Crippen LogP contribution in [0.1, 0.15) is 17.3 Å². The second kappa shape index (κ2) is 8.34. The molecule has 2 aromatic carbocycles. The van der Waals surface area contributed by atoms with Crippen LogP contribution in [0.5, 0.6) is 5.75 Å². The molecule has 1 amide bonds. The summed E-state index contributed by atoms with van der Waals surface area (Å²) in [6.07, 6.45) is 1.55. The molecular formula is C18H20N2O4S. The van der Waals surface area contributed by atoms with Crippen molar-refractivity contribution in [2.24, 2.45) is 0 Å². The van der Waals surface area contributed by atoms with Gasteiger partial charge in [0.05, 0.1) is 11.5 Å². The molecule has 0 fully saturated rings. The average molecular weight is 360 g/mol. The van der Waals surface area contributed by atoms with Crippen molar-refractivity contribution >= 4 is 21.6 Å². The van der Waals surface area contributed by atoms with Crippen molar-refractivity contribution < 1.29 is 17.9 Å². The second-order valence-corrected chi connectivity index (χ2v) is 6.77. The molecule has 0 aliphatic carbocycles. The van der Waals surface area contributed by atoms with E-state index in [-0.39, 0.29) is 16.4 Å². The highest BCUT2D eigenvalue weighted by Crippen LogP contribution is 2.20. The highest BCUT2D eigenvalue weighted by molar-refractivity contribution is 7.92. The van der Waals surface area contributed by atoms with Crippen molar-refractivity contribution in [2.75, 3.05) is 17.9 Å². The number of hydrogen-bond acceptors (Lipinski definition) is 4. The molecule has 0 spiro atoms. The number of carbonyl (C=O) groups is 1. The van der Waals surface area contributed by atoms with Crippen molar-refractivity contribution in [3.63, 3.8) is 0 Å². The lowest BCUT2D eigenvalue weighted by Gasteiger charge is -2.10. The van der Waals surface area contributed by atoms with Crippen LogP contribution in [0.2, 0.25) is 0 Å². The summed E-state index contributed by atoms with van der Waals surface area (Å²) in [7, 11) is -3.81. The number of anilines is 1. The van der Waals surface area contributed by atoms with Gasteiger partial charge >= 0.3 is 0 Å². The van der Waals surface area contributed by atoms with Gasteiger partial charge in [-0.25, -0.2) is 8.42 Å². The molecule has 2 aromatic rings. The van der Waals surface area contributed by atoms with Gasteiger partial charge in [0.1, 0.15) is 5.75 Å². The van der Waals surface area contributed by atoms with Gasteiger partial charge in [0.15, 0.2) is 0 Å². The number of amides is 1. The van der Waals surface area contributed by atoms with Crippen LogP contribution in [0, 0.1) is 0 Å². The molecule has 2 rings (SSSR count). The zero-order valence-electron chi connectivity index (χ0n) is 13.9. The Kier molecular flexibility index (Phi) is 6.19. The number of ether oxygens (including phenoxy) is 1. The summed E-state index contributed by atoms with van der Waals surface area (Å²) in [5.74, 6) is 0.296. The first-order valence-corrected chi connectivity index (χ1v) is 9.19. The Morgan fingerprint density at radius 2 is 1.92 bits per heavy atom. The summed E-state index contributed by atoms with van der Waals surface area (Å²) in [6, 6.07) is 12.4. The van der Waals surface area contributed by atoms with Crippen LogP contribution in [0.15, 0.2) is 66.1 Å². The summed E-state index contributed by atoms with van der Waals surface area (Å²) < 4.78 is 32.8. The van der Waals surface area contributed by atoms with Crippen molar-refractivity contribution in [2.45, 2.75) is 11.8 Å². The molecule has 0 atom stereocenters. The van der Waals surface area contributed by atoms with Crippen LogP contribution in [-0.4, -0.2) is 27.5 Å². The van der Waals surface area contributed by atoms with Crippen LogP contribution in [-0.2, 0) is 10.0 Å². The Balaban J connectivity index is 2.18. The molecule has 25 heavy (non-hydrogen) atoms. The van der Waals surface area contributed by atoms with Crippen LogP contribution in [0.3, 0.4) is 0 Å². The molecule has 2 N–H and O–H groups in total. The molecule has 0 aliphatic heterocycles. The van der Waals surface area contributed by atoms with Gasteiger partial charge in [-0.3, -0.25) is 9.52 Å². The molecule has 7 heteroatoms.